The average molecular weight is 572 g/mol. The second-order valence-electron chi connectivity index (χ2n) is 10.7. The molecular weight excluding hydrogens is 544 g/mol. The van der Waals surface area contributed by atoms with Crippen LogP contribution in [0.4, 0.5) is 19.7 Å². The number of nitrogens with zero attached hydrogens (tertiary/aromatic N) is 5. The number of rotatable bonds is 6. The van der Waals surface area contributed by atoms with Crippen molar-refractivity contribution in [2.75, 3.05) is 50.5 Å². The molecule has 0 amide bonds. The Hall–Kier alpha value is -2.86. The fourth-order valence-corrected chi connectivity index (χ4v) is 7.37. The minimum atomic E-state index is -0.632. The third-order valence-electron chi connectivity index (χ3n) is 8.55. The van der Waals surface area contributed by atoms with Gasteiger partial charge in [0.2, 0.25) is 0 Å². The zero-order valence-electron chi connectivity index (χ0n) is 21.4. The molecule has 0 bridgehead atoms. The SMILES string of the molecule is CN(c1nc(OCC23CCCN2CCC3)nc2c(F)c(-c3ccc(F)c4sc(N)nc34)c(Cl)cc12)C1CNC1. The summed E-state index contributed by atoms with van der Waals surface area (Å²) < 4.78 is 37.5. The number of nitrogens with one attached hydrogen (secondary N) is 1. The number of hydrogen-bond donors (Lipinski definition) is 2. The van der Waals surface area contributed by atoms with Gasteiger partial charge in [-0.15, -0.1) is 0 Å². The van der Waals surface area contributed by atoms with Gasteiger partial charge in [0.25, 0.3) is 0 Å². The first-order valence-electron chi connectivity index (χ1n) is 13.2. The lowest BCUT2D eigenvalue weighted by molar-refractivity contribution is 0.108. The number of anilines is 2. The van der Waals surface area contributed by atoms with Crippen LogP contribution in [-0.4, -0.2) is 71.3 Å². The van der Waals surface area contributed by atoms with Gasteiger partial charge in [-0.3, -0.25) is 4.90 Å². The van der Waals surface area contributed by atoms with E-state index in [0.29, 0.717) is 23.4 Å². The van der Waals surface area contributed by atoms with Gasteiger partial charge in [-0.2, -0.15) is 9.97 Å². The number of halogens is 3. The Kier molecular flexibility index (Phi) is 6.03. The Morgan fingerprint density at radius 2 is 1.95 bits per heavy atom. The molecule has 3 saturated heterocycles. The van der Waals surface area contributed by atoms with Gasteiger partial charge in [-0.25, -0.2) is 13.8 Å². The van der Waals surface area contributed by atoms with Crippen molar-refractivity contribution in [3.05, 3.63) is 34.9 Å². The van der Waals surface area contributed by atoms with Gasteiger partial charge in [0, 0.05) is 36.7 Å². The van der Waals surface area contributed by atoms with Gasteiger partial charge in [0.05, 0.1) is 26.8 Å². The Labute approximate surface area is 233 Å². The molecule has 5 heterocycles. The quantitative estimate of drug-likeness (QED) is 0.340. The molecule has 2 aromatic carbocycles. The zero-order chi connectivity index (χ0) is 26.9. The normalized spacial score (nSPS) is 19.1. The number of likely N-dealkylation sites (N-methyl/N-ethyl adjacent to an activating group) is 1. The zero-order valence-corrected chi connectivity index (χ0v) is 23.0. The van der Waals surface area contributed by atoms with E-state index in [9.17, 15) is 4.39 Å². The molecule has 7 rings (SSSR count). The maximum absolute atomic E-state index is 16.5. The lowest BCUT2D eigenvalue weighted by atomic mass is 9.95. The number of nitrogens with two attached hydrogens (primary N) is 1. The highest BCUT2D eigenvalue weighted by Crippen LogP contribution is 2.43. The maximum Gasteiger partial charge on any atom is 0.319 e. The monoisotopic (exact) mass is 571 g/mol. The predicted molar refractivity (Wildman–Crippen MR) is 151 cm³/mol. The van der Waals surface area contributed by atoms with Crippen LogP contribution in [0, 0.1) is 11.6 Å². The van der Waals surface area contributed by atoms with E-state index in [0.717, 1.165) is 63.2 Å². The summed E-state index contributed by atoms with van der Waals surface area (Å²) in [6.07, 6.45) is 4.45. The van der Waals surface area contributed by atoms with Crippen molar-refractivity contribution in [1.29, 1.82) is 0 Å². The van der Waals surface area contributed by atoms with Crippen molar-refractivity contribution >= 4 is 55.0 Å². The first-order chi connectivity index (χ1) is 18.8. The molecule has 0 aliphatic carbocycles. The fraction of sp³-hybridized carbons (Fsp3) is 0.444. The summed E-state index contributed by atoms with van der Waals surface area (Å²) in [5.41, 5.74) is 6.69. The molecule has 3 aliphatic rings. The fourth-order valence-electron chi connectivity index (χ4n) is 6.31. The molecule has 4 aromatic rings. The number of nitrogen functional groups attached to an aromatic ring is 1. The van der Waals surface area contributed by atoms with E-state index in [2.05, 4.69) is 20.2 Å². The van der Waals surface area contributed by atoms with Crippen molar-refractivity contribution in [1.82, 2.24) is 25.2 Å². The summed E-state index contributed by atoms with van der Waals surface area (Å²) in [4.78, 5) is 18.1. The second kappa shape index (κ2) is 9.36. The minimum Gasteiger partial charge on any atom is -0.461 e. The summed E-state index contributed by atoms with van der Waals surface area (Å²) in [7, 11) is 1.94. The van der Waals surface area contributed by atoms with Gasteiger partial charge in [-0.05, 0) is 57.0 Å². The number of fused-ring (bicyclic) bond motifs is 3. The largest absolute Gasteiger partial charge is 0.461 e. The summed E-state index contributed by atoms with van der Waals surface area (Å²) in [5, 5.41) is 4.10. The van der Waals surface area contributed by atoms with E-state index in [4.69, 9.17) is 27.1 Å². The van der Waals surface area contributed by atoms with Gasteiger partial charge >= 0.3 is 6.01 Å². The highest BCUT2D eigenvalue weighted by atomic mass is 35.5. The van der Waals surface area contributed by atoms with Crippen molar-refractivity contribution in [3.8, 4) is 17.1 Å². The lowest BCUT2D eigenvalue weighted by Crippen LogP contribution is -2.56. The van der Waals surface area contributed by atoms with E-state index in [1.165, 1.54) is 12.1 Å². The Morgan fingerprint density at radius 3 is 2.67 bits per heavy atom. The van der Waals surface area contributed by atoms with Crippen LogP contribution in [0.1, 0.15) is 25.7 Å². The van der Waals surface area contributed by atoms with Crippen molar-refractivity contribution in [2.45, 2.75) is 37.3 Å². The first-order valence-corrected chi connectivity index (χ1v) is 14.4. The van der Waals surface area contributed by atoms with Crippen LogP contribution in [0.25, 0.3) is 32.2 Å². The molecular formula is C27H28ClF2N7OS. The van der Waals surface area contributed by atoms with Crippen LogP contribution in [0.2, 0.25) is 5.02 Å². The standard InChI is InChI=1S/C27H28ClF2N7OS/c1-36(14-11-32-12-14)24-16-10-17(28)19(15-4-5-18(29)23-22(15)33-25(31)39-23)20(30)21(16)34-26(35-24)38-13-27-6-2-8-37(27)9-3-7-27/h4-5,10,14,32H,2-3,6-9,11-13H2,1H3,(H2,31,33). The molecule has 0 atom stereocenters. The molecule has 0 saturated carbocycles. The number of aromatic nitrogens is 3. The molecule has 3 fully saturated rings. The van der Waals surface area contributed by atoms with E-state index in [1.54, 1.807) is 6.07 Å². The number of benzene rings is 2. The van der Waals surface area contributed by atoms with Gasteiger partial charge in [-0.1, -0.05) is 22.9 Å². The van der Waals surface area contributed by atoms with Crippen molar-refractivity contribution in [3.63, 3.8) is 0 Å². The maximum atomic E-state index is 16.5. The van der Waals surface area contributed by atoms with Crippen LogP contribution in [0.5, 0.6) is 6.01 Å². The molecule has 204 valence electrons. The molecule has 0 radical (unpaired) electrons. The Bertz CT molecular complexity index is 1600. The van der Waals surface area contributed by atoms with Crippen molar-refractivity contribution in [2.24, 2.45) is 0 Å². The topological polar surface area (TPSA) is 92.4 Å². The van der Waals surface area contributed by atoms with Crippen LogP contribution in [0.15, 0.2) is 18.2 Å². The van der Waals surface area contributed by atoms with Gasteiger partial charge < -0.3 is 20.7 Å². The molecule has 8 nitrogen and oxygen atoms in total. The summed E-state index contributed by atoms with van der Waals surface area (Å²) in [5.74, 6) is -0.543. The summed E-state index contributed by atoms with van der Waals surface area (Å²) >= 11 is 7.74. The summed E-state index contributed by atoms with van der Waals surface area (Å²) in [6, 6.07) is 4.77. The molecule has 3 aliphatic heterocycles. The summed E-state index contributed by atoms with van der Waals surface area (Å²) in [6.45, 7) is 4.21. The van der Waals surface area contributed by atoms with Crippen LogP contribution < -0.4 is 20.7 Å². The molecule has 39 heavy (non-hydrogen) atoms. The highest BCUT2D eigenvalue weighted by molar-refractivity contribution is 7.22. The smallest absolute Gasteiger partial charge is 0.319 e. The molecule has 12 heteroatoms. The first kappa shape index (κ1) is 25.1. The van der Waals surface area contributed by atoms with Crippen LogP contribution in [0.3, 0.4) is 0 Å². The lowest BCUT2D eigenvalue weighted by Gasteiger charge is -2.37. The molecule has 3 N–H and O–H groups in total. The molecule has 2 aromatic heterocycles. The number of ether oxygens (including phenoxy) is 1. The molecule has 0 unspecified atom stereocenters. The van der Waals surface area contributed by atoms with E-state index in [-0.39, 0.29) is 49.0 Å². The third-order valence-corrected chi connectivity index (χ3v) is 9.74. The average Bonchev–Trinajstić information content (AvgIpc) is 3.57. The Morgan fingerprint density at radius 1 is 1.18 bits per heavy atom. The number of hydrogen-bond acceptors (Lipinski definition) is 9. The van der Waals surface area contributed by atoms with E-state index < -0.39 is 11.6 Å². The number of thiazole rings is 1. The highest BCUT2D eigenvalue weighted by Gasteiger charge is 2.45. The molecule has 0 spiro atoms. The minimum absolute atomic E-state index is 0.00373. The van der Waals surface area contributed by atoms with E-state index in [1.807, 2.05) is 11.9 Å². The third kappa shape index (κ3) is 4.01. The predicted octanol–water partition coefficient (Wildman–Crippen LogP) is 4.84. The van der Waals surface area contributed by atoms with Crippen molar-refractivity contribution < 1.29 is 13.5 Å². The Balaban J connectivity index is 1.37. The second-order valence-corrected chi connectivity index (χ2v) is 12.2. The van der Waals surface area contributed by atoms with Crippen LogP contribution >= 0.6 is 22.9 Å². The van der Waals surface area contributed by atoms with E-state index >= 15 is 4.39 Å². The van der Waals surface area contributed by atoms with Gasteiger partial charge in [0.1, 0.15) is 23.8 Å². The van der Waals surface area contributed by atoms with Crippen LogP contribution in [-0.2, 0) is 0 Å². The van der Waals surface area contributed by atoms with Gasteiger partial charge in [0.15, 0.2) is 10.9 Å².